The molecule has 0 radical (unpaired) electrons. The molecule has 0 saturated carbocycles. The normalized spacial score (nSPS) is 23.2. The maximum Gasteiger partial charge on any atom is 0.227 e. The molecule has 10 nitrogen and oxygen atoms in total. The van der Waals surface area contributed by atoms with E-state index in [9.17, 15) is 5.11 Å². The molecule has 5 heterocycles. The summed E-state index contributed by atoms with van der Waals surface area (Å²) in [6.07, 6.45) is 6.99. The highest BCUT2D eigenvalue weighted by Gasteiger charge is 2.26. The number of hydrogen-bond donors (Lipinski definition) is 2. The third-order valence-electron chi connectivity index (χ3n) is 6.74. The van der Waals surface area contributed by atoms with Gasteiger partial charge in [-0.2, -0.15) is 4.98 Å². The maximum absolute atomic E-state index is 10.0. The SMILES string of the molecule is CC(C)n1c(COC2CCCCO2)nc2cnc(Nc3ccnc(N4CC[C@@H](O)[C@@H](C)C4)n3)cc21. The second-order valence-electron chi connectivity index (χ2n) is 9.80. The first-order valence-corrected chi connectivity index (χ1v) is 12.6. The lowest BCUT2D eigenvalue weighted by molar-refractivity contribution is -0.170. The molecular formula is C25H35N7O3. The number of aliphatic hydroxyl groups excluding tert-OH is 1. The van der Waals surface area contributed by atoms with Crippen LogP contribution in [-0.2, 0) is 16.1 Å². The fraction of sp³-hybridized carbons (Fsp3) is 0.600. The van der Waals surface area contributed by atoms with E-state index < -0.39 is 0 Å². The number of fused-ring (bicyclic) bond motifs is 1. The molecule has 0 bridgehead atoms. The highest BCUT2D eigenvalue weighted by Crippen LogP contribution is 2.26. The van der Waals surface area contributed by atoms with Gasteiger partial charge in [-0.05, 0) is 51.5 Å². The second-order valence-corrected chi connectivity index (χ2v) is 9.80. The van der Waals surface area contributed by atoms with Gasteiger partial charge in [-0.1, -0.05) is 6.92 Å². The predicted molar refractivity (Wildman–Crippen MR) is 134 cm³/mol. The molecule has 3 aromatic heterocycles. The summed E-state index contributed by atoms with van der Waals surface area (Å²) in [6, 6.07) is 4.05. The van der Waals surface area contributed by atoms with E-state index in [1.54, 1.807) is 12.4 Å². The number of rotatable bonds is 7. The zero-order valence-corrected chi connectivity index (χ0v) is 20.7. The Morgan fingerprint density at radius 2 is 2.09 bits per heavy atom. The fourth-order valence-electron chi connectivity index (χ4n) is 4.82. The number of ether oxygens (including phenoxy) is 2. The third-order valence-corrected chi connectivity index (χ3v) is 6.74. The molecule has 10 heteroatoms. The summed E-state index contributed by atoms with van der Waals surface area (Å²) in [4.78, 5) is 20.6. The van der Waals surface area contributed by atoms with Gasteiger partial charge < -0.3 is 29.4 Å². The van der Waals surface area contributed by atoms with Gasteiger partial charge in [-0.25, -0.2) is 15.0 Å². The summed E-state index contributed by atoms with van der Waals surface area (Å²) >= 11 is 0. The monoisotopic (exact) mass is 481 g/mol. The predicted octanol–water partition coefficient (Wildman–Crippen LogP) is 3.80. The number of nitrogens with one attached hydrogen (secondary N) is 1. The zero-order chi connectivity index (χ0) is 24.4. The van der Waals surface area contributed by atoms with Gasteiger partial charge in [-0.3, -0.25) is 0 Å². The first-order chi connectivity index (χ1) is 17.0. The van der Waals surface area contributed by atoms with Crippen molar-refractivity contribution in [2.45, 2.75) is 71.5 Å². The quantitative estimate of drug-likeness (QED) is 0.520. The second kappa shape index (κ2) is 10.4. The molecule has 188 valence electrons. The van der Waals surface area contributed by atoms with E-state index in [-0.39, 0.29) is 24.4 Å². The van der Waals surface area contributed by atoms with Crippen LogP contribution >= 0.6 is 0 Å². The Hall–Kier alpha value is -2.82. The smallest absolute Gasteiger partial charge is 0.227 e. The lowest BCUT2D eigenvalue weighted by Crippen LogP contribution is -2.42. The molecule has 0 aliphatic carbocycles. The molecule has 3 aromatic rings. The number of imidazole rings is 1. The highest BCUT2D eigenvalue weighted by molar-refractivity contribution is 5.79. The van der Waals surface area contributed by atoms with Crippen molar-refractivity contribution in [2.75, 3.05) is 29.9 Å². The molecule has 3 atom stereocenters. The van der Waals surface area contributed by atoms with Gasteiger partial charge in [0.15, 0.2) is 6.29 Å². The molecule has 1 unspecified atom stereocenters. The molecule has 5 rings (SSSR count). The van der Waals surface area contributed by atoms with Crippen LogP contribution in [0.5, 0.6) is 0 Å². The summed E-state index contributed by atoms with van der Waals surface area (Å²) in [6.45, 7) is 8.97. The minimum Gasteiger partial charge on any atom is -0.393 e. The van der Waals surface area contributed by atoms with Crippen molar-refractivity contribution in [1.29, 1.82) is 0 Å². The molecule has 0 spiro atoms. The summed E-state index contributed by atoms with van der Waals surface area (Å²) in [5.41, 5.74) is 1.82. The van der Waals surface area contributed by atoms with Gasteiger partial charge in [0.2, 0.25) is 5.95 Å². The van der Waals surface area contributed by atoms with Crippen molar-refractivity contribution in [3.8, 4) is 0 Å². The summed E-state index contributed by atoms with van der Waals surface area (Å²) in [7, 11) is 0. The van der Waals surface area contributed by atoms with Gasteiger partial charge >= 0.3 is 0 Å². The van der Waals surface area contributed by atoms with Crippen molar-refractivity contribution in [3.05, 3.63) is 30.4 Å². The topological polar surface area (TPSA) is 110 Å². The number of aliphatic hydroxyl groups is 1. The Morgan fingerprint density at radius 3 is 2.86 bits per heavy atom. The third kappa shape index (κ3) is 5.39. The van der Waals surface area contributed by atoms with Crippen LogP contribution in [0, 0.1) is 5.92 Å². The minimum absolute atomic E-state index is 0.155. The van der Waals surface area contributed by atoms with E-state index in [1.165, 1.54) is 0 Å². The number of pyridine rings is 1. The summed E-state index contributed by atoms with van der Waals surface area (Å²) in [5, 5.41) is 13.4. The standard InChI is InChI=1S/C25H35N7O3/c1-16(2)32-19-12-22(27-13-18(19)28-23(32)15-35-24-6-4-5-11-34-24)29-21-7-9-26-25(30-21)31-10-8-20(33)17(3)14-31/h7,9,12-13,16-17,20,24,33H,4-6,8,10-11,14-15H2,1-3H3,(H,26,27,29,30)/t17-,20+,24?/m0/s1. The van der Waals surface area contributed by atoms with Crippen LogP contribution in [0.25, 0.3) is 11.0 Å². The molecule has 35 heavy (non-hydrogen) atoms. The van der Waals surface area contributed by atoms with Gasteiger partial charge in [-0.15, -0.1) is 0 Å². The van der Waals surface area contributed by atoms with Crippen molar-refractivity contribution in [2.24, 2.45) is 5.92 Å². The van der Waals surface area contributed by atoms with Crippen molar-refractivity contribution in [3.63, 3.8) is 0 Å². The van der Waals surface area contributed by atoms with Gasteiger partial charge in [0.05, 0.1) is 17.8 Å². The van der Waals surface area contributed by atoms with E-state index in [0.29, 0.717) is 24.2 Å². The Labute approximate surface area is 205 Å². The number of aromatic nitrogens is 5. The highest BCUT2D eigenvalue weighted by atomic mass is 16.7. The molecular weight excluding hydrogens is 446 g/mol. The van der Waals surface area contributed by atoms with E-state index in [2.05, 4.69) is 45.5 Å². The van der Waals surface area contributed by atoms with Crippen LogP contribution in [0.1, 0.15) is 58.3 Å². The molecule has 0 aromatic carbocycles. The maximum atomic E-state index is 10.0. The lowest BCUT2D eigenvalue weighted by atomic mass is 9.97. The van der Waals surface area contributed by atoms with E-state index in [0.717, 1.165) is 62.2 Å². The first-order valence-electron chi connectivity index (χ1n) is 12.6. The van der Waals surface area contributed by atoms with Gasteiger partial charge in [0.25, 0.3) is 0 Å². The fourth-order valence-corrected chi connectivity index (χ4v) is 4.82. The number of nitrogens with zero attached hydrogens (tertiary/aromatic N) is 6. The molecule has 0 amide bonds. The van der Waals surface area contributed by atoms with Crippen LogP contribution in [0.4, 0.5) is 17.6 Å². The Bertz CT molecular complexity index is 1150. The van der Waals surface area contributed by atoms with Crippen LogP contribution < -0.4 is 10.2 Å². The first kappa shape index (κ1) is 23.9. The van der Waals surface area contributed by atoms with E-state index in [4.69, 9.17) is 19.4 Å². The zero-order valence-electron chi connectivity index (χ0n) is 20.7. The molecule has 2 aliphatic rings. The average Bonchev–Trinajstić information content (AvgIpc) is 3.23. The number of hydrogen-bond acceptors (Lipinski definition) is 9. The summed E-state index contributed by atoms with van der Waals surface area (Å²) in [5.74, 6) is 3.08. The Balaban J connectivity index is 1.34. The van der Waals surface area contributed by atoms with Crippen LogP contribution in [-0.4, -0.2) is 61.7 Å². The summed E-state index contributed by atoms with van der Waals surface area (Å²) < 4.78 is 13.9. The van der Waals surface area contributed by atoms with Crippen LogP contribution in [0.2, 0.25) is 0 Å². The molecule has 2 aliphatic heterocycles. The lowest BCUT2D eigenvalue weighted by Gasteiger charge is -2.34. The van der Waals surface area contributed by atoms with E-state index >= 15 is 0 Å². The van der Waals surface area contributed by atoms with Crippen molar-refractivity contribution < 1.29 is 14.6 Å². The van der Waals surface area contributed by atoms with Crippen LogP contribution in [0.3, 0.4) is 0 Å². The largest absolute Gasteiger partial charge is 0.393 e. The Kier molecular flexibility index (Phi) is 7.12. The van der Waals surface area contributed by atoms with Crippen LogP contribution in [0.15, 0.2) is 24.5 Å². The molecule has 2 fully saturated rings. The van der Waals surface area contributed by atoms with Crippen molar-refractivity contribution >= 4 is 28.6 Å². The molecule has 2 saturated heterocycles. The van der Waals surface area contributed by atoms with Crippen molar-refractivity contribution in [1.82, 2.24) is 24.5 Å². The average molecular weight is 482 g/mol. The van der Waals surface area contributed by atoms with Gasteiger partial charge in [0.1, 0.15) is 29.6 Å². The molecule has 2 N–H and O–H groups in total. The van der Waals surface area contributed by atoms with E-state index in [1.807, 2.05) is 12.1 Å². The minimum atomic E-state index is -0.264. The number of anilines is 3. The number of piperidine rings is 1. The Morgan fingerprint density at radius 1 is 1.20 bits per heavy atom. The van der Waals surface area contributed by atoms with Gasteiger partial charge in [0, 0.05) is 38.0 Å².